The second kappa shape index (κ2) is 4.48. The molecule has 3 nitrogen and oxygen atoms in total. The molecule has 4 heteroatoms. The van der Waals surface area contributed by atoms with E-state index < -0.39 is 0 Å². The molecule has 1 atom stereocenters. The second-order valence-corrected chi connectivity index (χ2v) is 4.58. The molecule has 2 heterocycles. The number of pyridine rings is 1. The standard InChI is InChI=1S/C15H14FN3/c1-10(17)14-15(11-5-3-2-4-6-11)19-9-12(16)7-8-13(19)18-14/h2-10H,17H2,1H3/t10-/m0/s1. The number of imidazole rings is 1. The normalized spacial score (nSPS) is 12.8. The third-order valence-corrected chi connectivity index (χ3v) is 3.09. The van der Waals surface area contributed by atoms with Gasteiger partial charge in [0.25, 0.3) is 0 Å². The van der Waals surface area contributed by atoms with Crippen molar-refractivity contribution in [2.75, 3.05) is 0 Å². The number of hydrogen-bond donors (Lipinski definition) is 1. The molecule has 3 rings (SSSR count). The summed E-state index contributed by atoms with van der Waals surface area (Å²) < 4.78 is 15.2. The Morgan fingerprint density at radius 2 is 1.89 bits per heavy atom. The molecule has 2 N–H and O–H groups in total. The Morgan fingerprint density at radius 1 is 1.16 bits per heavy atom. The van der Waals surface area contributed by atoms with E-state index in [1.807, 2.05) is 37.3 Å². The Kier molecular flexibility index (Phi) is 2.80. The van der Waals surface area contributed by atoms with Crippen LogP contribution >= 0.6 is 0 Å². The summed E-state index contributed by atoms with van der Waals surface area (Å²) in [4.78, 5) is 4.50. The number of rotatable bonds is 2. The Morgan fingerprint density at radius 3 is 2.58 bits per heavy atom. The van der Waals surface area contributed by atoms with Gasteiger partial charge in [-0.25, -0.2) is 9.37 Å². The molecule has 19 heavy (non-hydrogen) atoms. The highest BCUT2D eigenvalue weighted by Crippen LogP contribution is 2.28. The van der Waals surface area contributed by atoms with Crippen molar-refractivity contribution in [1.29, 1.82) is 0 Å². The van der Waals surface area contributed by atoms with Gasteiger partial charge in [-0.15, -0.1) is 0 Å². The Hall–Kier alpha value is -2.20. The zero-order chi connectivity index (χ0) is 13.4. The van der Waals surface area contributed by atoms with Crippen molar-refractivity contribution in [3.63, 3.8) is 0 Å². The molecule has 0 aliphatic heterocycles. The van der Waals surface area contributed by atoms with Crippen molar-refractivity contribution in [3.8, 4) is 11.3 Å². The highest BCUT2D eigenvalue weighted by molar-refractivity contribution is 5.67. The lowest BCUT2D eigenvalue weighted by molar-refractivity contribution is 0.619. The van der Waals surface area contributed by atoms with Gasteiger partial charge in [0, 0.05) is 17.8 Å². The summed E-state index contributed by atoms with van der Waals surface area (Å²) in [5.41, 5.74) is 9.29. The summed E-state index contributed by atoms with van der Waals surface area (Å²) in [6.07, 6.45) is 1.44. The van der Waals surface area contributed by atoms with Crippen LogP contribution in [0.25, 0.3) is 16.9 Å². The van der Waals surface area contributed by atoms with Crippen molar-refractivity contribution in [3.05, 3.63) is 60.2 Å². The zero-order valence-corrected chi connectivity index (χ0v) is 10.5. The van der Waals surface area contributed by atoms with E-state index in [0.29, 0.717) is 5.65 Å². The average molecular weight is 255 g/mol. The van der Waals surface area contributed by atoms with Crippen LogP contribution in [-0.4, -0.2) is 9.38 Å². The van der Waals surface area contributed by atoms with Crippen LogP contribution in [0.1, 0.15) is 18.7 Å². The van der Waals surface area contributed by atoms with Crippen LogP contribution in [0.15, 0.2) is 48.7 Å². The fraction of sp³-hybridized carbons (Fsp3) is 0.133. The van der Waals surface area contributed by atoms with Gasteiger partial charge in [0.15, 0.2) is 0 Å². The van der Waals surface area contributed by atoms with Gasteiger partial charge in [-0.1, -0.05) is 30.3 Å². The van der Waals surface area contributed by atoms with E-state index in [2.05, 4.69) is 4.98 Å². The van der Waals surface area contributed by atoms with Gasteiger partial charge < -0.3 is 5.73 Å². The third-order valence-electron chi connectivity index (χ3n) is 3.09. The summed E-state index contributed by atoms with van der Waals surface area (Å²) in [7, 11) is 0. The number of hydrogen-bond acceptors (Lipinski definition) is 2. The second-order valence-electron chi connectivity index (χ2n) is 4.58. The topological polar surface area (TPSA) is 43.3 Å². The van der Waals surface area contributed by atoms with Crippen molar-refractivity contribution in [2.24, 2.45) is 5.73 Å². The van der Waals surface area contributed by atoms with Gasteiger partial charge in [0.05, 0.1) is 11.4 Å². The monoisotopic (exact) mass is 255 g/mol. The van der Waals surface area contributed by atoms with Gasteiger partial charge in [-0.2, -0.15) is 0 Å². The molecule has 0 spiro atoms. The number of nitrogens with zero attached hydrogens (tertiary/aromatic N) is 2. The first-order chi connectivity index (χ1) is 9.16. The van der Waals surface area contributed by atoms with Crippen LogP contribution in [0, 0.1) is 5.82 Å². The molecule has 96 valence electrons. The number of halogens is 1. The molecular formula is C15H14FN3. The lowest BCUT2D eigenvalue weighted by Gasteiger charge is -2.07. The van der Waals surface area contributed by atoms with E-state index in [-0.39, 0.29) is 11.9 Å². The van der Waals surface area contributed by atoms with Crippen molar-refractivity contribution >= 4 is 5.65 Å². The predicted molar refractivity (Wildman–Crippen MR) is 73.2 cm³/mol. The van der Waals surface area contributed by atoms with E-state index in [1.54, 1.807) is 10.5 Å². The Bertz CT molecular complexity index is 717. The van der Waals surface area contributed by atoms with Crippen LogP contribution in [-0.2, 0) is 0 Å². The Labute approximate surface area is 110 Å². The van der Waals surface area contributed by atoms with Gasteiger partial charge >= 0.3 is 0 Å². The number of benzene rings is 1. The first kappa shape index (κ1) is 11.9. The smallest absolute Gasteiger partial charge is 0.139 e. The predicted octanol–water partition coefficient (Wildman–Crippen LogP) is 3.16. The molecule has 2 aromatic heterocycles. The van der Waals surface area contributed by atoms with E-state index in [4.69, 9.17) is 5.73 Å². The van der Waals surface area contributed by atoms with Crippen LogP contribution in [0.4, 0.5) is 4.39 Å². The largest absolute Gasteiger partial charge is 0.323 e. The summed E-state index contributed by atoms with van der Waals surface area (Å²) in [6, 6.07) is 12.6. The minimum absolute atomic E-state index is 0.210. The van der Waals surface area contributed by atoms with Crippen LogP contribution < -0.4 is 5.73 Å². The van der Waals surface area contributed by atoms with E-state index in [0.717, 1.165) is 17.0 Å². The fourth-order valence-corrected chi connectivity index (χ4v) is 2.24. The molecule has 0 saturated carbocycles. The maximum Gasteiger partial charge on any atom is 0.139 e. The average Bonchev–Trinajstić information content (AvgIpc) is 2.78. The molecule has 0 amide bonds. The molecular weight excluding hydrogens is 241 g/mol. The number of nitrogens with two attached hydrogens (primary N) is 1. The van der Waals surface area contributed by atoms with Gasteiger partial charge in [-0.05, 0) is 19.1 Å². The third kappa shape index (κ3) is 2.00. The molecule has 0 bridgehead atoms. The van der Waals surface area contributed by atoms with Crippen molar-refractivity contribution in [2.45, 2.75) is 13.0 Å². The molecule has 0 unspecified atom stereocenters. The molecule has 3 aromatic rings. The maximum absolute atomic E-state index is 13.5. The summed E-state index contributed by atoms with van der Waals surface area (Å²) in [5, 5.41) is 0. The molecule has 0 aliphatic rings. The summed E-state index contributed by atoms with van der Waals surface area (Å²) in [6.45, 7) is 1.88. The van der Waals surface area contributed by atoms with Crippen LogP contribution in [0.5, 0.6) is 0 Å². The zero-order valence-electron chi connectivity index (χ0n) is 10.5. The van der Waals surface area contributed by atoms with E-state index in [1.165, 1.54) is 12.3 Å². The summed E-state index contributed by atoms with van der Waals surface area (Å²) in [5.74, 6) is -0.293. The van der Waals surface area contributed by atoms with Crippen molar-refractivity contribution < 1.29 is 4.39 Å². The lowest BCUT2D eigenvalue weighted by atomic mass is 10.1. The SMILES string of the molecule is C[C@H](N)c1nc2ccc(F)cn2c1-c1ccccc1. The first-order valence-corrected chi connectivity index (χ1v) is 6.15. The molecule has 1 aromatic carbocycles. The highest BCUT2D eigenvalue weighted by atomic mass is 19.1. The van der Waals surface area contributed by atoms with Gasteiger partial charge in [0.1, 0.15) is 11.5 Å². The minimum Gasteiger partial charge on any atom is -0.323 e. The van der Waals surface area contributed by atoms with Gasteiger partial charge in [0.2, 0.25) is 0 Å². The first-order valence-electron chi connectivity index (χ1n) is 6.15. The maximum atomic E-state index is 13.5. The van der Waals surface area contributed by atoms with Crippen molar-refractivity contribution in [1.82, 2.24) is 9.38 Å². The van der Waals surface area contributed by atoms with Crippen LogP contribution in [0.3, 0.4) is 0 Å². The quantitative estimate of drug-likeness (QED) is 0.764. The molecule has 0 radical (unpaired) electrons. The fourth-order valence-electron chi connectivity index (χ4n) is 2.24. The molecule has 0 aliphatic carbocycles. The van der Waals surface area contributed by atoms with E-state index >= 15 is 0 Å². The molecule has 0 fully saturated rings. The van der Waals surface area contributed by atoms with Crippen LogP contribution in [0.2, 0.25) is 0 Å². The Balaban J connectivity index is 2.36. The number of fused-ring (bicyclic) bond motifs is 1. The van der Waals surface area contributed by atoms with Gasteiger partial charge in [-0.3, -0.25) is 4.40 Å². The summed E-state index contributed by atoms with van der Waals surface area (Å²) >= 11 is 0. The number of aromatic nitrogens is 2. The lowest BCUT2D eigenvalue weighted by Crippen LogP contribution is -2.07. The molecule has 0 saturated heterocycles. The van der Waals surface area contributed by atoms with E-state index in [9.17, 15) is 4.39 Å². The highest BCUT2D eigenvalue weighted by Gasteiger charge is 2.16. The minimum atomic E-state index is -0.293.